The van der Waals surface area contributed by atoms with Crippen molar-refractivity contribution >= 4 is 23.9 Å². The van der Waals surface area contributed by atoms with Crippen LogP contribution in [0.5, 0.6) is 0 Å². The van der Waals surface area contributed by atoms with Gasteiger partial charge in [0.1, 0.15) is 18.8 Å². The first-order chi connectivity index (χ1) is 34.6. The van der Waals surface area contributed by atoms with Gasteiger partial charge in [-0.1, -0.05) is 182 Å². The molecular weight excluding hydrogens is 901 g/mol. The third-order valence-corrected chi connectivity index (χ3v) is 11.6. The van der Waals surface area contributed by atoms with Gasteiger partial charge in [-0.05, 0) is 96.3 Å². The van der Waals surface area contributed by atoms with Crippen LogP contribution in [0.15, 0.2) is 97.2 Å². The van der Waals surface area contributed by atoms with E-state index in [0.717, 1.165) is 109 Å². The Morgan fingerprint density at radius 3 is 1.41 bits per heavy atom. The Labute approximate surface area is 428 Å². The fraction of sp³-hybridized carbons (Fsp3) is 0.661. The van der Waals surface area contributed by atoms with Gasteiger partial charge in [0.2, 0.25) is 0 Å². The SMILES string of the molecule is CC/C=C\C/C=C\C/C=C\C/C=C\C/C=C\C/C=C\CCC(=O)OC1C(OCC(COC(=O)CCCCCCC/C=C\CCCC)OC(=O)CCCCCCC/C=C\CCCC)OC(C(=O)O)C(O)C1O. The number of rotatable bonds is 44. The van der Waals surface area contributed by atoms with E-state index in [9.17, 15) is 34.5 Å². The van der Waals surface area contributed by atoms with E-state index in [1.165, 1.54) is 25.7 Å². The molecule has 0 aromatic rings. The van der Waals surface area contributed by atoms with Crippen LogP contribution in [-0.4, -0.2) is 89.2 Å². The van der Waals surface area contributed by atoms with Crippen LogP contribution >= 0.6 is 0 Å². The standard InChI is InChI=1S/C59H94O12/c1-4-7-10-13-16-19-22-23-24-25-26-27-28-29-32-35-38-41-44-47-53(62)70-57-55(64)54(63)56(58(65)66)71-59(57)68-49-50(69-52(61)46-43-40-37-34-31-21-18-15-12-9-6-3)48-67-51(60)45-42-39-36-33-30-20-17-14-11-8-5-2/h7,10,14-19,23-24,26-27,29,32,38,41,50,54-57,59,63-64H,4-6,8-9,11-13,20-22,25,28,30-31,33-37,39-40,42-49H2,1-3H3,(H,65,66)/b10-7-,17-14-,18-15-,19-16-,24-23-,27-26-,32-29-,41-38-. The number of ether oxygens (including phenoxy) is 5. The Morgan fingerprint density at radius 2 is 0.915 bits per heavy atom. The summed E-state index contributed by atoms with van der Waals surface area (Å²) in [6, 6.07) is 0. The highest BCUT2D eigenvalue weighted by Crippen LogP contribution is 2.26. The third kappa shape index (κ3) is 37.1. The van der Waals surface area contributed by atoms with Crippen LogP contribution in [0.2, 0.25) is 0 Å². The van der Waals surface area contributed by atoms with Crippen molar-refractivity contribution in [2.45, 2.75) is 237 Å². The highest BCUT2D eigenvalue weighted by molar-refractivity contribution is 5.74. The molecule has 1 aliphatic heterocycles. The first kappa shape index (κ1) is 64.7. The van der Waals surface area contributed by atoms with Crippen molar-refractivity contribution in [3.63, 3.8) is 0 Å². The number of allylic oxidation sites excluding steroid dienone is 16. The van der Waals surface area contributed by atoms with E-state index in [0.29, 0.717) is 25.7 Å². The Bertz CT molecular complexity index is 1610. The van der Waals surface area contributed by atoms with Crippen molar-refractivity contribution in [3.05, 3.63) is 97.2 Å². The highest BCUT2D eigenvalue weighted by atomic mass is 16.7. The molecule has 1 aliphatic rings. The second kappa shape index (κ2) is 46.7. The number of aliphatic hydroxyl groups excluding tert-OH is 2. The van der Waals surface area contributed by atoms with E-state index in [-0.39, 0.29) is 25.9 Å². The maximum atomic E-state index is 13.0. The van der Waals surface area contributed by atoms with Crippen LogP contribution in [0, 0.1) is 0 Å². The molecule has 71 heavy (non-hydrogen) atoms. The van der Waals surface area contributed by atoms with Crippen LogP contribution in [0.4, 0.5) is 0 Å². The molecule has 6 unspecified atom stereocenters. The number of carbonyl (C=O) groups excluding carboxylic acids is 3. The summed E-state index contributed by atoms with van der Waals surface area (Å²) < 4.78 is 28.2. The summed E-state index contributed by atoms with van der Waals surface area (Å²) in [5.74, 6) is -3.27. The monoisotopic (exact) mass is 995 g/mol. The number of hydrogen-bond acceptors (Lipinski definition) is 11. The average Bonchev–Trinajstić information content (AvgIpc) is 3.35. The zero-order chi connectivity index (χ0) is 51.8. The fourth-order valence-corrected chi connectivity index (χ4v) is 7.41. The molecule has 0 saturated carbocycles. The first-order valence-electron chi connectivity index (χ1n) is 27.2. The Morgan fingerprint density at radius 1 is 0.479 bits per heavy atom. The molecule has 3 N–H and O–H groups in total. The van der Waals surface area contributed by atoms with E-state index >= 15 is 0 Å². The van der Waals surface area contributed by atoms with Crippen molar-refractivity contribution in [1.82, 2.24) is 0 Å². The van der Waals surface area contributed by atoms with Gasteiger partial charge in [0.05, 0.1) is 6.61 Å². The Kier molecular flexibility index (Phi) is 42.5. The maximum Gasteiger partial charge on any atom is 0.335 e. The van der Waals surface area contributed by atoms with Gasteiger partial charge in [-0.15, -0.1) is 0 Å². The average molecular weight is 995 g/mol. The number of aliphatic carboxylic acids is 1. The van der Waals surface area contributed by atoms with E-state index in [1.54, 1.807) is 0 Å². The predicted molar refractivity (Wildman–Crippen MR) is 284 cm³/mol. The summed E-state index contributed by atoms with van der Waals surface area (Å²) in [5, 5.41) is 31.3. The van der Waals surface area contributed by atoms with Gasteiger partial charge >= 0.3 is 23.9 Å². The normalized spacial score (nSPS) is 19.3. The minimum Gasteiger partial charge on any atom is -0.479 e. The lowest BCUT2D eigenvalue weighted by atomic mass is 9.98. The molecule has 0 aliphatic carbocycles. The number of carboxylic acids is 1. The molecule has 12 heteroatoms. The van der Waals surface area contributed by atoms with Gasteiger partial charge < -0.3 is 39.0 Å². The minimum atomic E-state index is -1.93. The lowest BCUT2D eigenvalue weighted by Crippen LogP contribution is -2.61. The molecular formula is C59H94O12. The third-order valence-electron chi connectivity index (χ3n) is 11.6. The summed E-state index contributed by atoms with van der Waals surface area (Å²) in [6.07, 6.45) is 48.4. The molecule has 1 rings (SSSR count). The fourth-order valence-electron chi connectivity index (χ4n) is 7.41. The minimum absolute atomic E-state index is 0.0701. The molecule has 1 heterocycles. The number of carbonyl (C=O) groups is 4. The zero-order valence-electron chi connectivity index (χ0n) is 43.9. The summed E-state index contributed by atoms with van der Waals surface area (Å²) >= 11 is 0. The summed E-state index contributed by atoms with van der Waals surface area (Å²) in [4.78, 5) is 50.8. The molecule has 0 spiro atoms. The van der Waals surface area contributed by atoms with Crippen molar-refractivity contribution < 1.29 is 58.2 Å². The first-order valence-corrected chi connectivity index (χ1v) is 27.2. The molecule has 1 fully saturated rings. The number of carboxylic acid groups (broad SMARTS) is 1. The largest absolute Gasteiger partial charge is 0.479 e. The van der Waals surface area contributed by atoms with Gasteiger partial charge in [0, 0.05) is 19.3 Å². The van der Waals surface area contributed by atoms with Crippen LogP contribution < -0.4 is 0 Å². The number of unbranched alkanes of at least 4 members (excludes halogenated alkanes) is 14. The van der Waals surface area contributed by atoms with E-state index < -0.39 is 67.3 Å². The van der Waals surface area contributed by atoms with Gasteiger partial charge in [0.25, 0.3) is 0 Å². The number of esters is 3. The van der Waals surface area contributed by atoms with Crippen molar-refractivity contribution in [1.29, 1.82) is 0 Å². The quantitative estimate of drug-likeness (QED) is 0.0228. The molecule has 402 valence electrons. The van der Waals surface area contributed by atoms with Crippen molar-refractivity contribution in [3.8, 4) is 0 Å². The molecule has 0 amide bonds. The molecule has 0 aromatic carbocycles. The summed E-state index contributed by atoms with van der Waals surface area (Å²) in [5.41, 5.74) is 0. The summed E-state index contributed by atoms with van der Waals surface area (Å²) in [7, 11) is 0. The van der Waals surface area contributed by atoms with Crippen LogP contribution in [0.25, 0.3) is 0 Å². The second-order valence-corrected chi connectivity index (χ2v) is 18.1. The second-order valence-electron chi connectivity index (χ2n) is 18.1. The Balaban J connectivity index is 2.76. The van der Waals surface area contributed by atoms with E-state index in [1.807, 2.05) is 18.2 Å². The smallest absolute Gasteiger partial charge is 0.335 e. The van der Waals surface area contributed by atoms with Gasteiger partial charge in [-0.25, -0.2) is 4.79 Å². The summed E-state index contributed by atoms with van der Waals surface area (Å²) in [6.45, 7) is 5.72. The molecule has 12 nitrogen and oxygen atoms in total. The van der Waals surface area contributed by atoms with E-state index in [4.69, 9.17) is 23.7 Å². The van der Waals surface area contributed by atoms with Crippen molar-refractivity contribution in [2.24, 2.45) is 0 Å². The maximum absolute atomic E-state index is 13.0. The van der Waals surface area contributed by atoms with Crippen molar-refractivity contribution in [2.75, 3.05) is 13.2 Å². The van der Waals surface area contributed by atoms with E-state index in [2.05, 4.69) is 99.8 Å². The molecule has 1 saturated heterocycles. The van der Waals surface area contributed by atoms with Crippen LogP contribution in [0.1, 0.15) is 201 Å². The lowest BCUT2D eigenvalue weighted by Gasteiger charge is -2.40. The predicted octanol–water partition coefficient (Wildman–Crippen LogP) is 13.3. The molecule has 6 atom stereocenters. The lowest BCUT2D eigenvalue weighted by molar-refractivity contribution is -0.301. The molecule has 0 radical (unpaired) electrons. The number of aliphatic hydroxyl groups is 2. The van der Waals surface area contributed by atoms with Gasteiger partial charge in [-0.2, -0.15) is 0 Å². The Hall–Kier alpha value is -4.36. The molecule has 0 bridgehead atoms. The van der Waals surface area contributed by atoms with Gasteiger partial charge in [0.15, 0.2) is 24.6 Å². The highest BCUT2D eigenvalue weighted by Gasteiger charge is 2.50. The van der Waals surface area contributed by atoms with Crippen LogP contribution in [0.3, 0.4) is 0 Å². The molecule has 0 aromatic heterocycles. The zero-order valence-corrected chi connectivity index (χ0v) is 43.9. The topological polar surface area (TPSA) is 175 Å². The number of hydrogen-bond donors (Lipinski definition) is 3. The van der Waals surface area contributed by atoms with Gasteiger partial charge in [-0.3, -0.25) is 14.4 Å². The van der Waals surface area contributed by atoms with Crippen LogP contribution in [-0.2, 0) is 42.9 Å².